The van der Waals surface area contributed by atoms with Gasteiger partial charge in [-0.15, -0.1) is 0 Å². The lowest BCUT2D eigenvalue weighted by atomic mass is 9.79. The van der Waals surface area contributed by atoms with Crippen molar-refractivity contribution in [1.29, 1.82) is 0 Å². The van der Waals surface area contributed by atoms with E-state index in [-0.39, 0.29) is 0 Å². The maximum atomic E-state index is 4.84. The molecule has 7 aromatic carbocycles. The Hall–Kier alpha value is -6.92. The molecule has 1 N–H and O–H groups in total. The number of likely N-dealkylation sites (N-methyl/N-ethyl adjacent to an activating group) is 1. The van der Waals surface area contributed by atoms with Crippen LogP contribution in [0.4, 0.5) is 5.69 Å². The molecule has 1 atom stereocenters. The molecule has 0 fully saturated rings. The molecule has 58 heavy (non-hydrogen) atoms. The molecule has 0 saturated heterocycles. The number of pyridine rings is 2. The second-order valence-corrected chi connectivity index (χ2v) is 15.3. The van der Waals surface area contributed by atoms with Gasteiger partial charge in [0.25, 0.3) is 0 Å². The molecule has 0 bridgehead atoms. The van der Waals surface area contributed by atoms with Crippen molar-refractivity contribution in [2.24, 2.45) is 4.99 Å². The van der Waals surface area contributed by atoms with Crippen molar-refractivity contribution in [3.8, 4) is 44.5 Å². The van der Waals surface area contributed by atoms with E-state index in [0.29, 0.717) is 0 Å². The van der Waals surface area contributed by atoms with Crippen molar-refractivity contribution in [1.82, 2.24) is 15.3 Å². The first kappa shape index (κ1) is 36.7. The maximum absolute atomic E-state index is 4.84. The van der Waals surface area contributed by atoms with Crippen molar-refractivity contribution >= 4 is 45.7 Å². The normalized spacial score (nSPS) is 12.3. The van der Waals surface area contributed by atoms with Gasteiger partial charge >= 0.3 is 0 Å². The van der Waals surface area contributed by atoms with Gasteiger partial charge in [0.15, 0.2) is 0 Å². The van der Waals surface area contributed by atoms with Crippen molar-refractivity contribution in [2.45, 2.75) is 10.4 Å². The van der Waals surface area contributed by atoms with Gasteiger partial charge in [-0.1, -0.05) is 146 Å². The van der Waals surface area contributed by atoms with Gasteiger partial charge in [0.1, 0.15) is 5.54 Å². The third-order valence-electron chi connectivity index (χ3n) is 11.0. The fraction of sp³-hybridized carbons (Fsp3) is 0.0377. The number of hydrogen-bond acceptors (Lipinski definition) is 5. The Bertz CT molecular complexity index is 2800. The Morgan fingerprint density at radius 2 is 1.00 bits per heavy atom. The van der Waals surface area contributed by atoms with E-state index in [9.17, 15) is 0 Å². The number of hydrogen-bond donors (Lipinski definition) is 1. The molecule has 1 unspecified atom stereocenters. The first-order valence-electron chi connectivity index (χ1n) is 19.3. The zero-order valence-electron chi connectivity index (χ0n) is 32.1. The summed E-state index contributed by atoms with van der Waals surface area (Å²) in [6, 6.07) is 60.3. The Labute approximate surface area is 343 Å². The molecule has 4 nitrogen and oxygen atoms in total. The van der Waals surface area contributed by atoms with E-state index in [2.05, 4.69) is 167 Å². The van der Waals surface area contributed by atoms with Crippen molar-refractivity contribution < 1.29 is 0 Å². The minimum Gasteiger partial charge on any atom is -0.303 e. The molecular weight excluding hydrogens is 725 g/mol. The van der Waals surface area contributed by atoms with Gasteiger partial charge in [-0.05, 0) is 122 Å². The molecule has 9 aromatic rings. The van der Waals surface area contributed by atoms with E-state index in [1.165, 1.54) is 10.8 Å². The molecule has 0 spiro atoms. The zero-order valence-corrected chi connectivity index (χ0v) is 33.0. The lowest BCUT2D eigenvalue weighted by molar-refractivity contribution is 0.538. The number of nitrogens with one attached hydrogen (secondary N) is 1. The van der Waals surface area contributed by atoms with E-state index < -0.39 is 5.54 Å². The van der Waals surface area contributed by atoms with Crippen LogP contribution in [0.15, 0.2) is 216 Å². The van der Waals surface area contributed by atoms with E-state index >= 15 is 0 Å². The average Bonchev–Trinajstić information content (AvgIpc) is 3.29. The number of nitrogens with zero attached hydrogens (tertiary/aromatic N) is 3. The lowest BCUT2D eigenvalue weighted by Gasteiger charge is -2.37. The molecule has 0 aliphatic carbocycles. The monoisotopic (exact) mass is 764 g/mol. The van der Waals surface area contributed by atoms with Crippen molar-refractivity contribution in [3.05, 3.63) is 217 Å². The summed E-state index contributed by atoms with van der Waals surface area (Å²) in [5.74, 6) is 0. The summed E-state index contributed by atoms with van der Waals surface area (Å²) >= 11 is 1.62. The number of fused-ring (bicyclic) bond motifs is 2. The summed E-state index contributed by atoms with van der Waals surface area (Å²) in [4.78, 5) is 15.2. The second kappa shape index (κ2) is 15.9. The Morgan fingerprint density at radius 1 is 0.517 bits per heavy atom. The van der Waals surface area contributed by atoms with Crippen LogP contribution < -0.4 is 5.32 Å². The molecule has 5 heteroatoms. The molecule has 2 aromatic heterocycles. The lowest BCUT2D eigenvalue weighted by Crippen LogP contribution is -2.42. The third kappa shape index (κ3) is 6.60. The van der Waals surface area contributed by atoms with Gasteiger partial charge in [0.05, 0.1) is 5.69 Å². The van der Waals surface area contributed by atoms with Crippen molar-refractivity contribution in [2.75, 3.05) is 7.05 Å². The van der Waals surface area contributed by atoms with Crippen LogP contribution in [0.2, 0.25) is 0 Å². The molecular formula is C53H40N4S. The Balaban J connectivity index is 1.33. The highest BCUT2D eigenvalue weighted by Crippen LogP contribution is 2.48. The minimum absolute atomic E-state index is 0.818. The van der Waals surface area contributed by atoms with Crippen LogP contribution in [0.3, 0.4) is 0 Å². The number of aliphatic imine (C=N–C) groups is 1. The predicted molar refractivity (Wildman–Crippen MR) is 246 cm³/mol. The third-order valence-corrected chi connectivity index (χ3v) is 12.2. The van der Waals surface area contributed by atoms with Crippen LogP contribution in [0, 0.1) is 0 Å². The Morgan fingerprint density at radius 3 is 1.47 bits per heavy atom. The van der Waals surface area contributed by atoms with Gasteiger partial charge in [0.2, 0.25) is 0 Å². The van der Waals surface area contributed by atoms with Crippen LogP contribution in [0.5, 0.6) is 0 Å². The summed E-state index contributed by atoms with van der Waals surface area (Å²) in [6.07, 6.45) is 7.51. The van der Waals surface area contributed by atoms with Crippen LogP contribution in [0.25, 0.3) is 66.1 Å². The minimum atomic E-state index is -0.818. The van der Waals surface area contributed by atoms with Crippen LogP contribution in [-0.4, -0.2) is 23.7 Å². The highest BCUT2D eigenvalue weighted by atomic mass is 32.2. The number of aromatic nitrogens is 2. The summed E-state index contributed by atoms with van der Waals surface area (Å²) in [5, 5.41) is 8.49. The zero-order chi connectivity index (χ0) is 39.5. The van der Waals surface area contributed by atoms with Crippen LogP contribution >= 0.6 is 11.8 Å². The van der Waals surface area contributed by atoms with Gasteiger partial charge < -0.3 is 5.32 Å². The first-order chi connectivity index (χ1) is 28.6. The second-order valence-electron chi connectivity index (χ2n) is 14.2. The largest absolute Gasteiger partial charge is 0.303 e. The molecule has 0 amide bonds. The molecule has 0 aliphatic heterocycles. The van der Waals surface area contributed by atoms with Gasteiger partial charge in [0, 0.05) is 45.7 Å². The van der Waals surface area contributed by atoms with E-state index in [1.54, 1.807) is 11.8 Å². The SMILES string of the molecule is C=Nc1ccccc1SC(=C)C(NC)(c1ccccc1)c1cc(-c2cccc3c(-c4cccnc4)cccc23)cc(-c2cccc3c(-c4cccnc4)cccc23)c1. The summed E-state index contributed by atoms with van der Waals surface area (Å²) in [7, 11) is 2.03. The number of rotatable bonds is 11. The summed E-state index contributed by atoms with van der Waals surface area (Å²) in [5.41, 5.74) is 11.1. The van der Waals surface area contributed by atoms with Crippen molar-refractivity contribution in [3.63, 3.8) is 0 Å². The molecule has 0 saturated carbocycles. The van der Waals surface area contributed by atoms with E-state index in [0.717, 1.165) is 81.9 Å². The molecule has 9 rings (SSSR count). The molecule has 0 radical (unpaired) electrons. The Kier molecular flexibility index (Phi) is 10.1. The number of thioether (sulfide) groups is 1. The van der Waals surface area contributed by atoms with Crippen LogP contribution in [0.1, 0.15) is 11.1 Å². The maximum Gasteiger partial charge on any atom is 0.100 e. The standard InChI is InChI=1S/C53H40N4S/c1-36(58-52-28-8-7-27-51(52)54-2)53(55-3,41-17-5-4-6-18-41)42-32-39(45-21-11-23-47-43(19-9-25-49(45)47)37-15-13-29-56-34-37)31-40(33-42)46-22-12-24-48-44(20-10-26-50(46)48)38-16-14-30-57-35-38/h4-35,55H,1-2H2,3H3. The smallest absolute Gasteiger partial charge is 0.100 e. The predicted octanol–water partition coefficient (Wildman–Crippen LogP) is 13.6. The summed E-state index contributed by atoms with van der Waals surface area (Å²) < 4.78 is 0. The van der Waals surface area contributed by atoms with E-state index in [1.807, 2.05) is 62.2 Å². The van der Waals surface area contributed by atoms with Gasteiger partial charge in [-0.3, -0.25) is 15.0 Å². The number of benzene rings is 7. The highest BCUT2D eigenvalue weighted by Gasteiger charge is 2.37. The topological polar surface area (TPSA) is 50.2 Å². The summed E-state index contributed by atoms with van der Waals surface area (Å²) in [6.45, 7) is 8.72. The fourth-order valence-corrected chi connectivity index (χ4v) is 9.45. The quantitative estimate of drug-likeness (QED) is 0.105. The fourth-order valence-electron chi connectivity index (χ4n) is 8.31. The van der Waals surface area contributed by atoms with E-state index in [4.69, 9.17) is 6.58 Å². The molecule has 278 valence electrons. The van der Waals surface area contributed by atoms with Crippen LogP contribution in [-0.2, 0) is 5.54 Å². The average molecular weight is 765 g/mol. The van der Waals surface area contributed by atoms with Gasteiger partial charge in [-0.2, -0.15) is 0 Å². The molecule has 2 heterocycles. The molecule has 0 aliphatic rings. The first-order valence-corrected chi connectivity index (χ1v) is 20.1. The highest BCUT2D eigenvalue weighted by molar-refractivity contribution is 8.03. The number of para-hydroxylation sites is 1. The van der Waals surface area contributed by atoms with Gasteiger partial charge in [-0.25, -0.2) is 0 Å².